The van der Waals surface area contributed by atoms with Crippen LogP contribution in [0.1, 0.15) is 43.9 Å². The van der Waals surface area contributed by atoms with Crippen molar-refractivity contribution >= 4 is 5.82 Å². The molecule has 1 unspecified atom stereocenters. The molecule has 0 aliphatic carbocycles. The number of nitrogens with one attached hydrogen (secondary N) is 1. The monoisotopic (exact) mass is 378 g/mol. The number of rotatable bonds is 8. The number of aryl methyl sites for hydroxylation is 1. The second-order valence-electron chi connectivity index (χ2n) is 6.69. The Morgan fingerprint density at radius 1 is 1.07 bits per heavy atom. The van der Waals surface area contributed by atoms with Crippen LogP contribution in [0.2, 0.25) is 0 Å². The lowest BCUT2D eigenvalue weighted by atomic mass is 10.0. The predicted octanol–water partition coefficient (Wildman–Crippen LogP) is 4.90. The molecular formula is C22H26N4O2. The molecule has 0 saturated heterocycles. The molecule has 3 aromatic rings. The second-order valence-corrected chi connectivity index (χ2v) is 6.69. The van der Waals surface area contributed by atoms with E-state index in [4.69, 9.17) is 9.72 Å². The fourth-order valence-corrected chi connectivity index (χ4v) is 3.08. The van der Waals surface area contributed by atoms with Gasteiger partial charge in [-0.1, -0.05) is 19.4 Å². The molecule has 2 aromatic heterocycles. The van der Waals surface area contributed by atoms with Gasteiger partial charge in [0.2, 0.25) is 0 Å². The van der Waals surface area contributed by atoms with Gasteiger partial charge in [-0.05, 0) is 49.6 Å². The number of phenols is 1. The molecule has 2 heterocycles. The molecule has 0 aliphatic heterocycles. The molecule has 146 valence electrons. The minimum absolute atomic E-state index is 0.112. The molecule has 1 aromatic carbocycles. The first kappa shape index (κ1) is 19.6. The predicted molar refractivity (Wildman–Crippen MR) is 111 cm³/mol. The number of benzene rings is 1. The van der Waals surface area contributed by atoms with Crippen LogP contribution in [-0.4, -0.2) is 26.7 Å². The fourth-order valence-electron chi connectivity index (χ4n) is 3.08. The second kappa shape index (κ2) is 9.17. The van der Waals surface area contributed by atoms with Gasteiger partial charge in [-0.25, -0.2) is 4.98 Å². The summed E-state index contributed by atoms with van der Waals surface area (Å²) in [4.78, 5) is 13.4. The van der Waals surface area contributed by atoms with Crippen LogP contribution >= 0.6 is 0 Å². The number of phenolic OH excluding ortho intramolecular Hbond substituents is 1. The smallest absolute Gasteiger partial charge is 0.161 e. The molecule has 0 fully saturated rings. The summed E-state index contributed by atoms with van der Waals surface area (Å²) in [5.41, 5.74) is 3.82. The molecule has 1 atom stereocenters. The van der Waals surface area contributed by atoms with Gasteiger partial charge in [0.05, 0.1) is 30.7 Å². The molecule has 0 spiro atoms. The minimum Gasteiger partial charge on any atom is -0.504 e. The zero-order valence-corrected chi connectivity index (χ0v) is 16.5. The highest BCUT2D eigenvalue weighted by Gasteiger charge is 2.13. The van der Waals surface area contributed by atoms with Crippen LogP contribution in [0.3, 0.4) is 0 Å². The van der Waals surface area contributed by atoms with Crippen molar-refractivity contribution < 1.29 is 9.84 Å². The van der Waals surface area contributed by atoms with Gasteiger partial charge in [0, 0.05) is 18.0 Å². The van der Waals surface area contributed by atoms with E-state index in [1.54, 1.807) is 30.6 Å². The summed E-state index contributed by atoms with van der Waals surface area (Å²) in [6.07, 6.45) is 9.17. The third-order valence-corrected chi connectivity index (χ3v) is 4.39. The Labute approximate surface area is 165 Å². The summed E-state index contributed by atoms with van der Waals surface area (Å²) in [5, 5.41) is 13.4. The van der Waals surface area contributed by atoms with Gasteiger partial charge >= 0.3 is 0 Å². The van der Waals surface area contributed by atoms with Crippen LogP contribution in [0.5, 0.6) is 11.5 Å². The van der Waals surface area contributed by atoms with Gasteiger partial charge in [0.15, 0.2) is 11.5 Å². The van der Waals surface area contributed by atoms with E-state index in [0.29, 0.717) is 23.9 Å². The average Bonchev–Trinajstić information content (AvgIpc) is 2.70. The molecule has 0 aliphatic rings. The summed E-state index contributed by atoms with van der Waals surface area (Å²) >= 11 is 0. The minimum atomic E-state index is 0.112. The van der Waals surface area contributed by atoms with Crippen LogP contribution in [0, 0.1) is 6.92 Å². The lowest BCUT2D eigenvalue weighted by molar-refractivity contribution is 0.318. The number of ether oxygens (including phenoxy) is 1. The van der Waals surface area contributed by atoms with Crippen molar-refractivity contribution in [1.29, 1.82) is 0 Å². The van der Waals surface area contributed by atoms with Crippen molar-refractivity contribution in [3.63, 3.8) is 0 Å². The Morgan fingerprint density at radius 3 is 2.64 bits per heavy atom. The molecule has 0 bridgehead atoms. The molecule has 0 saturated carbocycles. The Hall–Kier alpha value is -3.15. The molecule has 6 nitrogen and oxygen atoms in total. The molecular weight excluding hydrogens is 352 g/mol. The van der Waals surface area contributed by atoms with Gasteiger partial charge < -0.3 is 15.2 Å². The maximum atomic E-state index is 9.91. The molecule has 3 rings (SSSR count). The zero-order chi connectivity index (χ0) is 19.9. The zero-order valence-electron chi connectivity index (χ0n) is 16.5. The third-order valence-electron chi connectivity index (χ3n) is 4.39. The van der Waals surface area contributed by atoms with E-state index in [0.717, 1.165) is 29.5 Å². The standard InChI is InChI=1S/C22H26N4O2/c1-4-6-18(17-9-15(3)11-23-12-17)25-22-14-24-13-19(26-22)16-7-8-20(27)21(10-16)28-5-2/h7-14,18,27H,4-6H2,1-3H3,(H,25,26). The normalized spacial score (nSPS) is 11.8. The van der Waals surface area contributed by atoms with Crippen molar-refractivity contribution in [2.24, 2.45) is 0 Å². The van der Waals surface area contributed by atoms with Crippen LogP contribution < -0.4 is 10.1 Å². The lowest BCUT2D eigenvalue weighted by Gasteiger charge is -2.19. The molecule has 28 heavy (non-hydrogen) atoms. The summed E-state index contributed by atoms with van der Waals surface area (Å²) < 4.78 is 5.47. The number of pyridine rings is 1. The van der Waals surface area contributed by atoms with Crippen molar-refractivity contribution in [2.45, 2.75) is 39.7 Å². The molecule has 0 amide bonds. The van der Waals surface area contributed by atoms with Gasteiger partial charge in [-0.2, -0.15) is 0 Å². The van der Waals surface area contributed by atoms with E-state index < -0.39 is 0 Å². The topological polar surface area (TPSA) is 80.2 Å². The number of aromatic nitrogens is 3. The van der Waals surface area contributed by atoms with Crippen molar-refractivity contribution in [3.8, 4) is 22.8 Å². The largest absolute Gasteiger partial charge is 0.504 e. The highest BCUT2D eigenvalue weighted by atomic mass is 16.5. The Bertz CT molecular complexity index is 930. The Balaban J connectivity index is 1.87. The summed E-state index contributed by atoms with van der Waals surface area (Å²) in [7, 11) is 0. The van der Waals surface area contributed by atoms with Crippen molar-refractivity contribution in [3.05, 3.63) is 60.2 Å². The number of anilines is 1. The van der Waals surface area contributed by atoms with Crippen LogP contribution in [0.25, 0.3) is 11.3 Å². The summed E-state index contributed by atoms with van der Waals surface area (Å²) in [6.45, 7) is 6.56. The van der Waals surface area contributed by atoms with E-state index in [2.05, 4.69) is 28.3 Å². The third kappa shape index (κ3) is 4.76. The molecule has 2 N–H and O–H groups in total. The highest BCUT2D eigenvalue weighted by Crippen LogP contribution is 2.31. The lowest BCUT2D eigenvalue weighted by Crippen LogP contribution is -2.12. The Kier molecular flexibility index (Phi) is 6.42. The van der Waals surface area contributed by atoms with Gasteiger partial charge in [-0.15, -0.1) is 0 Å². The SMILES string of the molecule is CCCC(Nc1cncc(-c2ccc(O)c(OCC)c2)n1)c1cncc(C)c1. The quantitative estimate of drug-likeness (QED) is 0.580. The first-order chi connectivity index (χ1) is 13.6. The number of aromatic hydroxyl groups is 1. The number of hydrogen-bond donors (Lipinski definition) is 2. The van der Waals surface area contributed by atoms with E-state index in [1.807, 2.05) is 26.2 Å². The first-order valence-corrected chi connectivity index (χ1v) is 9.57. The number of hydrogen-bond acceptors (Lipinski definition) is 6. The van der Waals surface area contributed by atoms with Gasteiger partial charge in [0.25, 0.3) is 0 Å². The van der Waals surface area contributed by atoms with E-state index in [1.165, 1.54) is 0 Å². The van der Waals surface area contributed by atoms with Crippen LogP contribution in [-0.2, 0) is 0 Å². The van der Waals surface area contributed by atoms with Crippen LogP contribution in [0.15, 0.2) is 49.1 Å². The van der Waals surface area contributed by atoms with E-state index >= 15 is 0 Å². The molecule has 0 radical (unpaired) electrons. The highest BCUT2D eigenvalue weighted by molar-refractivity contribution is 5.64. The van der Waals surface area contributed by atoms with Crippen molar-refractivity contribution in [2.75, 3.05) is 11.9 Å². The maximum Gasteiger partial charge on any atom is 0.161 e. The van der Waals surface area contributed by atoms with E-state index in [-0.39, 0.29) is 11.8 Å². The van der Waals surface area contributed by atoms with Gasteiger partial charge in [-0.3, -0.25) is 9.97 Å². The van der Waals surface area contributed by atoms with Crippen LogP contribution in [0.4, 0.5) is 5.82 Å². The maximum absolute atomic E-state index is 9.91. The van der Waals surface area contributed by atoms with Crippen molar-refractivity contribution in [1.82, 2.24) is 15.0 Å². The number of nitrogens with zero attached hydrogens (tertiary/aromatic N) is 3. The van der Waals surface area contributed by atoms with Gasteiger partial charge in [0.1, 0.15) is 5.82 Å². The molecule has 6 heteroatoms. The average molecular weight is 378 g/mol. The summed E-state index contributed by atoms with van der Waals surface area (Å²) in [5.74, 6) is 1.25. The Morgan fingerprint density at radius 2 is 1.89 bits per heavy atom. The summed E-state index contributed by atoms with van der Waals surface area (Å²) in [6, 6.07) is 7.45. The van der Waals surface area contributed by atoms with E-state index in [9.17, 15) is 5.11 Å². The first-order valence-electron chi connectivity index (χ1n) is 9.57. The fraction of sp³-hybridized carbons (Fsp3) is 0.318.